The minimum Gasteiger partial charge on any atom is -0.353 e. The maximum atomic E-state index is 12.4. The van der Waals surface area contributed by atoms with Gasteiger partial charge in [-0.25, -0.2) is 0 Å². The predicted octanol–water partition coefficient (Wildman–Crippen LogP) is 3.44. The highest BCUT2D eigenvalue weighted by Crippen LogP contribution is 2.24. The van der Waals surface area contributed by atoms with Crippen LogP contribution in [0.1, 0.15) is 31.2 Å². The van der Waals surface area contributed by atoms with Crippen molar-refractivity contribution in [3.63, 3.8) is 0 Å². The van der Waals surface area contributed by atoms with Crippen molar-refractivity contribution >= 4 is 29.1 Å². The normalized spacial score (nSPS) is 20.7. The van der Waals surface area contributed by atoms with Crippen molar-refractivity contribution in [3.8, 4) is 0 Å². The maximum absolute atomic E-state index is 12.4. The zero-order valence-electron chi connectivity index (χ0n) is 13.3. The predicted molar refractivity (Wildman–Crippen MR) is 97.8 cm³/mol. The standard InChI is InChI=1S/C19H24N2O.ClH/c20-13-16-7-2-4-11-18(16)21-19(22)12-15-9-5-8-14-6-1-3-10-17(14)15;/h1,3,5-6,8-10,16,18H,2,4,7,11-13,20H2,(H,21,22);1H. The number of carbonyl (C=O) groups is 1. The van der Waals surface area contributed by atoms with Crippen molar-refractivity contribution < 1.29 is 4.79 Å². The second-order valence-corrected chi connectivity index (χ2v) is 6.27. The first-order valence-electron chi connectivity index (χ1n) is 8.24. The number of amides is 1. The lowest BCUT2D eigenvalue weighted by atomic mass is 9.84. The topological polar surface area (TPSA) is 55.1 Å². The Kier molecular flexibility index (Phi) is 6.43. The fraction of sp³-hybridized carbons (Fsp3) is 0.421. The Labute approximate surface area is 144 Å². The van der Waals surface area contributed by atoms with E-state index in [0.717, 1.165) is 18.4 Å². The van der Waals surface area contributed by atoms with E-state index >= 15 is 0 Å². The average molecular weight is 333 g/mol. The summed E-state index contributed by atoms with van der Waals surface area (Å²) in [5.41, 5.74) is 6.94. The van der Waals surface area contributed by atoms with Gasteiger partial charge in [-0.3, -0.25) is 4.79 Å². The Bertz CT molecular complexity index is 653. The van der Waals surface area contributed by atoms with Gasteiger partial charge in [0.1, 0.15) is 0 Å². The van der Waals surface area contributed by atoms with Gasteiger partial charge < -0.3 is 11.1 Å². The molecule has 1 fully saturated rings. The Morgan fingerprint density at radius 2 is 1.83 bits per heavy atom. The van der Waals surface area contributed by atoms with E-state index in [-0.39, 0.29) is 24.4 Å². The molecule has 0 saturated heterocycles. The Balaban J connectivity index is 0.00000192. The molecule has 2 aromatic carbocycles. The number of fused-ring (bicyclic) bond motifs is 1. The summed E-state index contributed by atoms with van der Waals surface area (Å²) < 4.78 is 0. The van der Waals surface area contributed by atoms with Gasteiger partial charge in [0.15, 0.2) is 0 Å². The number of hydrogen-bond donors (Lipinski definition) is 2. The molecule has 2 unspecified atom stereocenters. The summed E-state index contributed by atoms with van der Waals surface area (Å²) in [6.07, 6.45) is 5.06. The Morgan fingerprint density at radius 1 is 1.09 bits per heavy atom. The number of nitrogens with two attached hydrogens (primary N) is 1. The van der Waals surface area contributed by atoms with Crippen molar-refractivity contribution in [1.29, 1.82) is 0 Å². The SMILES string of the molecule is Cl.NCC1CCCCC1NC(=O)Cc1cccc2ccccc12. The van der Waals surface area contributed by atoms with Crippen LogP contribution in [-0.4, -0.2) is 18.5 Å². The zero-order chi connectivity index (χ0) is 15.4. The van der Waals surface area contributed by atoms with Gasteiger partial charge in [-0.05, 0) is 41.6 Å². The molecule has 0 aromatic heterocycles. The van der Waals surface area contributed by atoms with Crippen LogP contribution < -0.4 is 11.1 Å². The molecule has 0 heterocycles. The summed E-state index contributed by atoms with van der Waals surface area (Å²) in [6.45, 7) is 0.666. The average Bonchev–Trinajstić information content (AvgIpc) is 2.55. The third-order valence-corrected chi connectivity index (χ3v) is 4.79. The molecule has 3 rings (SSSR count). The molecule has 23 heavy (non-hydrogen) atoms. The highest BCUT2D eigenvalue weighted by molar-refractivity contribution is 5.90. The summed E-state index contributed by atoms with van der Waals surface area (Å²) >= 11 is 0. The first-order valence-corrected chi connectivity index (χ1v) is 8.24. The molecular formula is C19H25ClN2O. The lowest BCUT2D eigenvalue weighted by Gasteiger charge is -2.31. The molecule has 3 N–H and O–H groups in total. The van der Waals surface area contributed by atoms with E-state index in [0.29, 0.717) is 18.9 Å². The Morgan fingerprint density at radius 3 is 2.65 bits per heavy atom. The van der Waals surface area contributed by atoms with Gasteiger partial charge in [-0.2, -0.15) is 0 Å². The second kappa shape index (κ2) is 8.32. The summed E-state index contributed by atoms with van der Waals surface area (Å²) in [5.74, 6) is 0.548. The first-order chi connectivity index (χ1) is 10.8. The van der Waals surface area contributed by atoms with Crippen molar-refractivity contribution in [2.24, 2.45) is 11.7 Å². The third-order valence-electron chi connectivity index (χ3n) is 4.79. The molecule has 2 atom stereocenters. The largest absolute Gasteiger partial charge is 0.353 e. The van der Waals surface area contributed by atoms with Crippen LogP contribution in [0.4, 0.5) is 0 Å². The van der Waals surface area contributed by atoms with E-state index in [1.165, 1.54) is 23.6 Å². The van der Waals surface area contributed by atoms with E-state index in [1.807, 2.05) is 24.3 Å². The molecule has 0 bridgehead atoms. The third kappa shape index (κ3) is 4.24. The summed E-state index contributed by atoms with van der Waals surface area (Å²) in [4.78, 5) is 12.4. The van der Waals surface area contributed by atoms with E-state index in [4.69, 9.17) is 5.73 Å². The van der Waals surface area contributed by atoms with Gasteiger partial charge in [0.2, 0.25) is 5.91 Å². The molecule has 1 aliphatic carbocycles. The molecule has 0 aliphatic heterocycles. The van der Waals surface area contributed by atoms with E-state index in [9.17, 15) is 4.79 Å². The Hall–Kier alpha value is -1.58. The molecule has 3 nitrogen and oxygen atoms in total. The number of hydrogen-bond acceptors (Lipinski definition) is 2. The number of nitrogens with one attached hydrogen (secondary N) is 1. The fourth-order valence-electron chi connectivity index (χ4n) is 3.56. The van der Waals surface area contributed by atoms with Crippen LogP contribution in [0.2, 0.25) is 0 Å². The highest BCUT2D eigenvalue weighted by Gasteiger charge is 2.25. The van der Waals surface area contributed by atoms with Crippen LogP contribution >= 0.6 is 12.4 Å². The van der Waals surface area contributed by atoms with Gasteiger partial charge >= 0.3 is 0 Å². The number of rotatable bonds is 4. The molecule has 1 amide bonds. The lowest BCUT2D eigenvalue weighted by Crippen LogP contribution is -2.45. The first kappa shape index (κ1) is 17.8. The molecule has 0 spiro atoms. The fourth-order valence-corrected chi connectivity index (χ4v) is 3.56. The molecule has 124 valence electrons. The molecule has 1 aliphatic rings. The number of benzene rings is 2. The summed E-state index contributed by atoms with van der Waals surface area (Å²) in [6, 6.07) is 14.6. The minimum absolute atomic E-state index is 0. The minimum atomic E-state index is 0. The summed E-state index contributed by atoms with van der Waals surface area (Å²) in [7, 11) is 0. The van der Waals surface area contributed by atoms with Gasteiger partial charge in [-0.1, -0.05) is 55.3 Å². The maximum Gasteiger partial charge on any atom is 0.224 e. The second-order valence-electron chi connectivity index (χ2n) is 6.27. The molecular weight excluding hydrogens is 308 g/mol. The molecule has 2 aromatic rings. The smallest absolute Gasteiger partial charge is 0.224 e. The van der Waals surface area contributed by atoms with Crippen LogP contribution in [0.3, 0.4) is 0 Å². The van der Waals surface area contributed by atoms with Crippen LogP contribution in [0.5, 0.6) is 0 Å². The highest BCUT2D eigenvalue weighted by atomic mass is 35.5. The zero-order valence-corrected chi connectivity index (χ0v) is 14.1. The number of halogens is 1. The lowest BCUT2D eigenvalue weighted by molar-refractivity contribution is -0.121. The van der Waals surface area contributed by atoms with Gasteiger partial charge in [0.05, 0.1) is 6.42 Å². The van der Waals surface area contributed by atoms with E-state index < -0.39 is 0 Å². The quantitative estimate of drug-likeness (QED) is 0.901. The van der Waals surface area contributed by atoms with E-state index in [1.54, 1.807) is 0 Å². The van der Waals surface area contributed by atoms with Gasteiger partial charge in [0, 0.05) is 6.04 Å². The molecule has 0 radical (unpaired) electrons. The van der Waals surface area contributed by atoms with Crippen molar-refractivity contribution in [3.05, 3.63) is 48.0 Å². The van der Waals surface area contributed by atoms with Gasteiger partial charge in [-0.15, -0.1) is 12.4 Å². The number of carbonyl (C=O) groups excluding carboxylic acids is 1. The van der Waals surface area contributed by atoms with Crippen LogP contribution in [0.15, 0.2) is 42.5 Å². The van der Waals surface area contributed by atoms with Crippen molar-refractivity contribution in [2.45, 2.75) is 38.1 Å². The van der Waals surface area contributed by atoms with Crippen LogP contribution in [0, 0.1) is 5.92 Å². The molecule has 1 saturated carbocycles. The van der Waals surface area contributed by atoms with E-state index in [2.05, 4.69) is 23.5 Å². The monoisotopic (exact) mass is 332 g/mol. The van der Waals surface area contributed by atoms with Crippen molar-refractivity contribution in [1.82, 2.24) is 5.32 Å². The van der Waals surface area contributed by atoms with Crippen LogP contribution in [0.25, 0.3) is 10.8 Å². The summed E-state index contributed by atoms with van der Waals surface area (Å²) in [5, 5.41) is 5.57. The van der Waals surface area contributed by atoms with Crippen molar-refractivity contribution in [2.75, 3.05) is 6.54 Å². The molecule has 4 heteroatoms. The van der Waals surface area contributed by atoms with Crippen LogP contribution in [-0.2, 0) is 11.2 Å². The van der Waals surface area contributed by atoms with Gasteiger partial charge in [0.25, 0.3) is 0 Å².